The second-order valence-electron chi connectivity index (χ2n) is 6.35. The van der Waals surface area contributed by atoms with E-state index in [-0.39, 0.29) is 11.7 Å². The average Bonchev–Trinajstić information content (AvgIpc) is 3.17. The van der Waals surface area contributed by atoms with Gasteiger partial charge in [-0.1, -0.05) is 0 Å². The average molecular weight is 370 g/mol. The van der Waals surface area contributed by atoms with Gasteiger partial charge in [-0.15, -0.1) is 15.3 Å². The lowest BCUT2D eigenvalue weighted by molar-refractivity contribution is -0.138. The fraction of sp³-hybridized carbons (Fsp3) is 0.333. The molecule has 140 valence electrons. The summed E-state index contributed by atoms with van der Waals surface area (Å²) in [7, 11) is 0. The van der Waals surface area contributed by atoms with Gasteiger partial charge in [0, 0.05) is 26.2 Å². The van der Waals surface area contributed by atoms with Crippen molar-refractivity contribution in [1.29, 1.82) is 0 Å². The van der Waals surface area contributed by atoms with Crippen LogP contribution >= 0.6 is 0 Å². The monoisotopic (exact) mass is 370 g/mol. The van der Waals surface area contributed by atoms with Gasteiger partial charge < -0.3 is 14.5 Å². The van der Waals surface area contributed by atoms with E-state index in [0.29, 0.717) is 37.6 Å². The molecule has 1 aliphatic heterocycles. The van der Waals surface area contributed by atoms with E-state index in [9.17, 15) is 9.18 Å². The number of rotatable bonds is 4. The number of aromatic nitrogens is 4. The van der Waals surface area contributed by atoms with E-state index in [0.717, 1.165) is 5.82 Å². The van der Waals surface area contributed by atoms with Gasteiger partial charge in [0.15, 0.2) is 11.8 Å². The largest absolute Gasteiger partial charge is 0.481 e. The second kappa shape index (κ2) is 7.18. The first kappa shape index (κ1) is 17.2. The first-order chi connectivity index (χ1) is 13.1. The van der Waals surface area contributed by atoms with Gasteiger partial charge in [-0.05, 0) is 43.3 Å². The standard InChI is InChI=1S/C18H19FN6O2/c1-13(27-15-4-2-14(19)3-5-15)18(26)24-10-8-23(9-11-24)17-7-6-16-21-20-12-25(16)22-17/h2-7,12-13H,8-11H2,1H3. The summed E-state index contributed by atoms with van der Waals surface area (Å²) in [6, 6.07) is 9.43. The predicted molar refractivity (Wildman–Crippen MR) is 96.1 cm³/mol. The van der Waals surface area contributed by atoms with Crippen molar-refractivity contribution in [2.45, 2.75) is 13.0 Å². The van der Waals surface area contributed by atoms with Crippen LogP contribution in [0.1, 0.15) is 6.92 Å². The number of hydrogen-bond donors (Lipinski definition) is 0. The number of amides is 1. The molecule has 0 radical (unpaired) electrons. The second-order valence-corrected chi connectivity index (χ2v) is 6.35. The molecular weight excluding hydrogens is 351 g/mol. The number of piperazine rings is 1. The number of hydrogen-bond acceptors (Lipinski definition) is 6. The first-order valence-corrected chi connectivity index (χ1v) is 8.73. The molecule has 1 aliphatic rings. The fourth-order valence-electron chi connectivity index (χ4n) is 3.07. The van der Waals surface area contributed by atoms with Crippen molar-refractivity contribution in [2.24, 2.45) is 0 Å². The zero-order valence-corrected chi connectivity index (χ0v) is 14.8. The number of anilines is 1. The van der Waals surface area contributed by atoms with Crippen LogP contribution in [0.15, 0.2) is 42.7 Å². The summed E-state index contributed by atoms with van der Waals surface area (Å²) in [6.45, 7) is 4.22. The van der Waals surface area contributed by atoms with Crippen molar-refractivity contribution in [3.05, 3.63) is 48.5 Å². The maximum absolute atomic E-state index is 13.0. The molecule has 3 aromatic rings. The minimum Gasteiger partial charge on any atom is -0.481 e. The summed E-state index contributed by atoms with van der Waals surface area (Å²) in [5.74, 6) is 0.879. The molecule has 1 saturated heterocycles. The lowest BCUT2D eigenvalue weighted by atomic mass is 10.2. The molecule has 0 bridgehead atoms. The molecule has 0 N–H and O–H groups in total. The molecule has 1 aromatic carbocycles. The number of carbonyl (C=O) groups excluding carboxylic acids is 1. The number of nitrogens with zero attached hydrogens (tertiary/aromatic N) is 6. The van der Waals surface area contributed by atoms with Gasteiger partial charge in [0.2, 0.25) is 0 Å². The van der Waals surface area contributed by atoms with Gasteiger partial charge in [0.05, 0.1) is 0 Å². The number of carbonyl (C=O) groups is 1. The number of benzene rings is 1. The molecule has 1 amide bonds. The van der Waals surface area contributed by atoms with E-state index in [1.54, 1.807) is 22.7 Å². The van der Waals surface area contributed by atoms with Crippen LogP contribution in [0.5, 0.6) is 5.75 Å². The number of halogens is 1. The Bertz CT molecular complexity index is 936. The summed E-state index contributed by atoms with van der Waals surface area (Å²) in [4.78, 5) is 16.5. The number of fused-ring (bicyclic) bond motifs is 1. The van der Waals surface area contributed by atoms with Crippen LogP contribution in [0.2, 0.25) is 0 Å². The summed E-state index contributed by atoms with van der Waals surface area (Å²) >= 11 is 0. The minimum absolute atomic E-state index is 0.0822. The molecule has 0 aliphatic carbocycles. The highest BCUT2D eigenvalue weighted by atomic mass is 19.1. The van der Waals surface area contributed by atoms with Crippen LogP contribution in [0.25, 0.3) is 5.65 Å². The highest BCUT2D eigenvalue weighted by molar-refractivity contribution is 5.81. The van der Waals surface area contributed by atoms with Gasteiger partial charge in [-0.25, -0.2) is 4.39 Å². The van der Waals surface area contributed by atoms with Crippen LogP contribution in [0, 0.1) is 5.82 Å². The van der Waals surface area contributed by atoms with Crippen molar-refractivity contribution in [3.63, 3.8) is 0 Å². The summed E-state index contributed by atoms with van der Waals surface area (Å²) in [5.41, 5.74) is 0.694. The lowest BCUT2D eigenvalue weighted by Crippen LogP contribution is -2.52. The SMILES string of the molecule is CC(Oc1ccc(F)cc1)C(=O)N1CCN(c2ccc3nncn3n2)CC1. The molecule has 1 unspecified atom stereocenters. The molecule has 8 nitrogen and oxygen atoms in total. The minimum atomic E-state index is -0.631. The van der Waals surface area contributed by atoms with Crippen LogP contribution in [0.4, 0.5) is 10.2 Å². The lowest BCUT2D eigenvalue weighted by Gasteiger charge is -2.36. The van der Waals surface area contributed by atoms with Crippen LogP contribution in [-0.2, 0) is 4.79 Å². The summed E-state index contributed by atoms with van der Waals surface area (Å²) in [6.07, 6.45) is 0.932. The topological polar surface area (TPSA) is 75.9 Å². The molecule has 0 saturated carbocycles. The van der Waals surface area contributed by atoms with Gasteiger partial charge in [0.1, 0.15) is 23.7 Å². The van der Waals surface area contributed by atoms with E-state index in [4.69, 9.17) is 4.74 Å². The molecule has 4 rings (SSSR count). The Morgan fingerprint density at radius 1 is 1.11 bits per heavy atom. The van der Waals surface area contributed by atoms with E-state index >= 15 is 0 Å². The van der Waals surface area contributed by atoms with Gasteiger partial charge in [-0.2, -0.15) is 4.52 Å². The molecule has 27 heavy (non-hydrogen) atoms. The molecule has 1 fully saturated rings. The van der Waals surface area contributed by atoms with Gasteiger partial charge in [0.25, 0.3) is 5.91 Å². The Morgan fingerprint density at radius 3 is 2.59 bits per heavy atom. The summed E-state index contributed by atoms with van der Waals surface area (Å²) in [5, 5.41) is 12.3. The van der Waals surface area contributed by atoms with Crippen LogP contribution < -0.4 is 9.64 Å². The smallest absolute Gasteiger partial charge is 0.263 e. The molecule has 3 heterocycles. The Hall–Kier alpha value is -3.23. The van der Waals surface area contributed by atoms with Crippen molar-refractivity contribution >= 4 is 17.4 Å². The van der Waals surface area contributed by atoms with Crippen molar-refractivity contribution in [2.75, 3.05) is 31.1 Å². The summed E-state index contributed by atoms with van der Waals surface area (Å²) < 4.78 is 20.2. The quantitative estimate of drug-likeness (QED) is 0.691. The van der Waals surface area contributed by atoms with Gasteiger partial charge in [-0.3, -0.25) is 4.79 Å². The Balaban J connectivity index is 1.35. The normalized spacial score (nSPS) is 15.8. The van der Waals surface area contributed by atoms with Gasteiger partial charge >= 0.3 is 0 Å². The molecule has 2 aromatic heterocycles. The molecular formula is C18H19FN6O2. The number of ether oxygens (including phenoxy) is 1. The fourth-order valence-corrected chi connectivity index (χ4v) is 3.07. The highest BCUT2D eigenvalue weighted by Gasteiger charge is 2.26. The maximum Gasteiger partial charge on any atom is 0.263 e. The van der Waals surface area contributed by atoms with Crippen molar-refractivity contribution in [1.82, 2.24) is 24.7 Å². The highest BCUT2D eigenvalue weighted by Crippen LogP contribution is 2.17. The molecule has 1 atom stereocenters. The zero-order chi connectivity index (χ0) is 18.8. The van der Waals surface area contributed by atoms with Crippen LogP contribution in [0.3, 0.4) is 0 Å². The van der Waals surface area contributed by atoms with E-state index < -0.39 is 6.10 Å². The third-order valence-corrected chi connectivity index (χ3v) is 4.54. The molecule has 0 spiro atoms. The maximum atomic E-state index is 13.0. The van der Waals surface area contributed by atoms with Crippen molar-refractivity contribution < 1.29 is 13.9 Å². The third kappa shape index (κ3) is 3.67. The first-order valence-electron chi connectivity index (χ1n) is 8.73. The van der Waals surface area contributed by atoms with E-state index in [1.165, 1.54) is 24.3 Å². The predicted octanol–water partition coefficient (Wildman–Crippen LogP) is 1.38. The third-order valence-electron chi connectivity index (χ3n) is 4.54. The molecule has 9 heteroatoms. The van der Waals surface area contributed by atoms with Crippen LogP contribution in [-0.4, -0.2) is 62.9 Å². The van der Waals surface area contributed by atoms with Crippen molar-refractivity contribution in [3.8, 4) is 5.75 Å². The zero-order valence-electron chi connectivity index (χ0n) is 14.8. The Morgan fingerprint density at radius 2 is 1.85 bits per heavy atom. The van der Waals surface area contributed by atoms with E-state index in [2.05, 4.69) is 20.2 Å². The Kier molecular flexibility index (Phi) is 4.57. The van der Waals surface area contributed by atoms with E-state index in [1.807, 2.05) is 12.1 Å². The Labute approximate surface area is 155 Å².